The van der Waals surface area contributed by atoms with Crippen molar-refractivity contribution in [1.29, 1.82) is 0 Å². The molecule has 0 spiro atoms. The minimum Gasteiger partial charge on any atom is -0.317 e. The minimum absolute atomic E-state index is 0. The van der Waals surface area contributed by atoms with Crippen molar-refractivity contribution >= 4 is 40.2 Å². The Balaban J connectivity index is 0.00000225. The fourth-order valence-corrected chi connectivity index (χ4v) is 3.44. The van der Waals surface area contributed by atoms with Crippen LogP contribution in [0.4, 0.5) is 5.95 Å². The molecular formula is C17H23BrClN5O. The molecule has 0 aliphatic carbocycles. The molecule has 1 aliphatic rings. The lowest BCUT2D eigenvalue weighted by Gasteiger charge is -2.19. The summed E-state index contributed by atoms with van der Waals surface area (Å²) in [5, 5.41) is 10.7. The lowest BCUT2D eigenvalue weighted by atomic mass is 9.98. The first kappa shape index (κ1) is 19.9. The molecule has 1 fully saturated rings. The summed E-state index contributed by atoms with van der Waals surface area (Å²) in [6, 6.07) is 5.93. The quantitative estimate of drug-likeness (QED) is 0.785. The summed E-state index contributed by atoms with van der Waals surface area (Å²) in [5.74, 6) is 1.64. The van der Waals surface area contributed by atoms with Crippen LogP contribution in [0.2, 0.25) is 0 Å². The number of hydrogen-bond acceptors (Lipinski definition) is 4. The number of nitrogens with zero attached hydrogens (tertiary/aromatic N) is 3. The highest BCUT2D eigenvalue weighted by Crippen LogP contribution is 2.23. The Labute approximate surface area is 162 Å². The molecule has 1 aromatic heterocycles. The second kappa shape index (κ2) is 8.78. The highest BCUT2D eigenvalue weighted by molar-refractivity contribution is 9.10. The highest BCUT2D eigenvalue weighted by Gasteiger charge is 2.21. The molecule has 1 saturated heterocycles. The molecule has 0 unspecified atom stereocenters. The molecule has 2 aromatic rings. The largest absolute Gasteiger partial charge is 0.317 e. The second-order valence-corrected chi connectivity index (χ2v) is 7.15. The summed E-state index contributed by atoms with van der Waals surface area (Å²) < 4.78 is 2.67. The molecule has 3 rings (SSSR count). The predicted molar refractivity (Wildman–Crippen MR) is 104 cm³/mol. The van der Waals surface area contributed by atoms with Gasteiger partial charge in [0.25, 0.3) is 0 Å². The fraction of sp³-hybridized carbons (Fsp3) is 0.471. The summed E-state index contributed by atoms with van der Waals surface area (Å²) in [7, 11) is 1.82. The van der Waals surface area contributed by atoms with Gasteiger partial charge >= 0.3 is 0 Å². The van der Waals surface area contributed by atoms with Gasteiger partial charge in [-0.3, -0.25) is 10.1 Å². The van der Waals surface area contributed by atoms with Crippen molar-refractivity contribution in [3.8, 4) is 0 Å². The van der Waals surface area contributed by atoms with Crippen LogP contribution in [0.3, 0.4) is 0 Å². The molecule has 0 radical (unpaired) electrons. The number of aromatic nitrogens is 3. The number of nitrogens with one attached hydrogen (secondary N) is 2. The van der Waals surface area contributed by atoms with Crippen molar-refractivity contribution in [2.45, 2.75) is 32.1 Å². The first-order chi connectivity index (χ1) is 11.5. The topological polar surface area (TPSA) is 71.8 Å². The zero-order valence-corrected chi connectivity index (χ0v) is 16.8. The van der Waals surface area contributed by atoms with Crippen LogP contribution in [-0.2, 0) is 18.3 Å². The number of carbonyl (C=O) groups is 1. The van der Waals surface area contributed by atoms with Gasteiger partial charge in [-0.2, -0.15) is 10.1 Å². The fourth-order valence-electron chi connectivity index (χ4n) is 2.97. The van der Waals surface area contributed by atoms with E-state index in [2.05, 4.69) is 36.6 Å². The maximum absolute atomic E-state index is 12.3. The van der Waals surface area contributed by atoms with E-state index in [1.165, 1.54) is 0 Å². The van der Waals surface area contributed by atoms with Crippen LogP contribution in [0.25, 0.3) is 0 Å². The molecule has 25 heavy (non-hydrogen) atoms. The molecule has 1 amide bonds. The molecular weight excluding hydrogens is 406 g/mol. The Hall–Kier alpha value is -1.44. The first-order valence-corrected chi connectivity index (χ1v) is 8.99. The molecule has 2 heterocycles. The zero-order valence-electron chi connectivity index (χ0n) is 14.4. The van der Waals surface area contributed by atoms with E-state index in [0.29, 0.717) is 18.3 Å². The van der Waals surface area contributed by atoms with E-state index in [0.717, 1.165) is 47.4 Å². The third-order valence-electron chi connectivity index (χ3n) is 4.39. The van der Waals surface area contributed by atoms with E-state index in [9.17, 15) is 4.79 Å². The van der Waals surface area contributed by atoms with Gasteiger partial charge in [-0.1, -0.05) is 22.0 Å². The van der Waals surface area contributed by atoms with Crippen molar-refractivity contribution in [1.82, 2.24) is 20.1 Å². The summed E-state index contributed by atoms with van der Waals surface area (Å²) in [5.41, 5.74) is 2.10. The van der Waals surface area contributed by atoms with Crippen LogP contribution in [0, 0.1) is 6.92 Å². The number of piperidine rings is 1. The van der Waals surface area contributed by atoms with Crippen LogP contribution in [0.5, 0.6) is 0 Å². The van der Waals surface area contributed by atoms with E-state index in [1.54, 1.807) is 4.68 Å². The Bertz CT molecular complexity index is 743. The van der Waals surface area contributed by atoms with Gasteiger partial charge in [0.05, 0.1) is 6.42 Å². The standard InChI is InChI=1S/C17H22BrN5O.ClH/c1-11-9-14(18)4-3-13(11)10-15(24)20-17-21-16(22-23(17)2)12-5-7-19-8-6-12;/h3-4,9,12,19H,5-8,10H2,1-2H3,(H,20,21,22,24);1H. The summed E-state index contributed by atoms with van der Waals surface area (Å²) in [6.07, 6.45) is 2.40. The zero-order chi connectivity index (χ0) is 17.1. The number of benzene rings is 1. The van der Waals surface area contributed by atoms with Crippen LogP contribution in [0.15, 0.2) is 22.7 Å². The van der Waals surface area contributed by atoms with Crippen molar-refractivity contribution in [2.24, 2.45) is 7.05 Å². The smallest absolute Gasteiger partial charge is 0.231 e. The summed E-state index contributed by atoms with van der Waals surface area (Å²) in [4.78, 5) is 16.9. The number of carbonyl (C=O) groups excluding carboxylic acids is 1. The van der Waals surface area contributed by atoms with Gasteiger partial charge in [0, 0.05) is 17.4 Å². The molecule has 1 aromatic carbocycles. The predicted octanol–water partition coefficient (Wildman–Crippen LogP) is 2.96. The van der Waals surface area contributed by atoms with Gasteiger partial charge in [-0.05, 0) is 56.1 Å². The third-order valence-corrected chi connectivity index (χ3v) is 4.88. The van der Waals surface area contributed by atoms with Gasteiger partial charge in [0.15, 0.2) is 5.82 Å². The highest BCUT2D eigenvalue weighted by atomic mass is 79.9. The third kappa shape index (κ3) is 5.03. The number of amides is 1. The second-order valence-electron chi connectivity index (χ2n) is 6.24. The lowest BCUT2D eigenvalue weighted by molar-refractivity contribution is -0.115. The van der Waals surface area contributed by atoms with Gasteiger partial charge < -0.3 is 5.32 Å². The Kier molecular flexibility index (Phi) is 6.98. The number of halogens is 2. The van der Waals surface area contributed by atoms with E-state index in [-0.39, 0.29) is 18.3 Å². The van der Waals surface area contributed by atoms with Gasteiger partial charge in [0.2, 0.25) is 11.9 Å². The Morgan fingerprint density at radius 2 is 2.12 bits per heavy atom. The normalized spacial score (nSPS) is 14.8. The van der Waals surface area contributed by atoms with Crippen LogP contribution < -0.4 is 10.6 Å². The molecule has 0 atom stereocenters. The number of anilines is 1. The molecule has 0 bridgehead atoms. The molecule has 1 aliphatic heterocycles. The average molecular weight is 429 g/mol. The molecule has 2 N–H and O–H groups in total. The molecule has 8 heteroatoms. The van der Waals surface area contributed by atoms with Crippen LogP contribution >= 0.6 is 28.3 Å². The van der Waals surface area contributed by atoms with Gasteiger partial charge in [-0.25, -0.2) is 4.68 Å². The van der Waals surface area contributed by atoms with Crippen LogP contribution in [-0.4, -0.2) is 33.8 Å². The summed E-state index contributed by atoms with van der Waals surface area (Å²) >= 11 is 3.44. The molecule has 136 valence electrons. The summed E-state index contributed by atoms with van der Waals surface area (Å²) in [6.45, 7) is 3.99. The van der Waals surface area contributed by atoms with Gasteiger partial charge in [0.1, 0.15) is 0 Å². The molecule has 6 nitrogen and oxygen atoms in total. The van der Waals surface area contributed by atoms with E-state index in [1.807, 2.05) is 32.2 Å². The van der Waals surface area contributed by atoms with Crippen molar-refractivity contribution in [3.63, 3.8) is 0 Å². The van der Waals surface area contributed by atoms with E-state index >= 15 is 0 Å². The van der Waals surface area contributed by atoms with Crippen molar-refractivity contribution < 1.29 is 4.79 Å². The number of hydrogen-bond donors (Lipinski definition) is 2. The SMILES string of the molecule is Cc1cc(Br)ccc1CC(=O)Nc1nc(C2CCNCC2)nn1C.Cl. The van der Waals surface area contributed by atoms with E-state index < -0.39 is 0 Å². The first-order valence-electron chi connectivity index (χ1n) is 8.19. The van der Waals surface area contributed by atoms with Crippen molar-refractivity contribution in [2.75, 3.05) is 18.4 Å². The van der Waals surface area contributed by atoms with E-state index in [4.69, 9.17) is 0 Å². The van der Waals surface area contributed by atoms with Gasteiger partial charge in [-0.15, -0.1) is 12.4 Å². The minimum atomic E-state index is -0.0761. The number of aryl methyl sites for hydroxylation is 2. The van der Waals surface area contributed by atoms with Crippen LogP contribution in [0.1, 0.15) is 35.7 Å². The maximum atomic E-state index is 12.3. The Morgan fingerprint density at radius 3 is 2.80 bits per heavy atom. The van der Waals surface area contributed by atoms with Crippen molar-refractivity contribution in [3.05, 3.63) is 39.6 Å². The number of rotatable bonds is 4. The molecule has 0 saturated carbocycles. The maximum Gasteiger partial charge on any atom is 0.231 e. The Morgan fingerprint density at radius 1 is 1.40 bits per heavy atom. The monoisotopic (exact) mass is 427 g/mol. The average Bonchev–Trinajstić information content (AvgIpc) is 2.92. The lowest BCUT2D eigenvalue weighted by Crippen LogP contribution is -2.27.